The SMILES string of the molecule is CN(C(=O)[C@@H]1C[C@H]1c1cc(Cl)cc(Cl)c1)[C@@H]1CS(=O)(=O)c2ccc(Cl)cc21. The van der Waals surface area contributed by atoms with Crippen molar-refractivity contribution in [2.45, 2.75) is 23.3 Å². The van der Waals surface area contributed by atoms with Gasteiger partial charge in [0.05, 0.1) is 16.7 Å². The fourth-order valence-corrected chi connectivity index (χ4v) is 6.36. The van der Waals surface area contributed by atoms with Crippen molar-refractivity contribution in [1.82, 2.24) is 4.90 Å². The summed E-state index contributed by atoms with van der Waals surface area (Å²) in [5.74, 6) is -0.349. The van der Waals surface area contributed by atoms with Crippen molar-refractivity contribution < 1.29 is 13.2 Å². The third-order valence-electron chi connectivity index (χ3n) is 5.28. The van der Waals surface area contributed by atoms with E-state index in [2.05, 4.69) is 0 Å². The van der Waals surface area contributed by atoms with Crippen LogP contribution in [0.3, 0.4) is 0 Å². The fraction of sp³-hybridized carbons (Fsp3) is 0.316. The number of fused-ring (bicyclic) bond motifs is 1. The molecule has 142 valence electrons. The first kappa shape index (κ1) is 19.1. The molecular weight excluding hydrogens is 429 g/mol. The summed E-state index contributed by atoms with van der Waals surface area (Å²) in [6.45, 7) is 0. The van der Waals surface area contributed by atoms with Crippen molar-refractivity contribution >= 4 is 50.5 Å². The van der Waals surface area contributed by atoms with Crippen LogP contribution in [0.15, 0.2) is 41.3 Å². The van der Waals surface area contributed by atoms with Gasteiger partial charge in [-0.25, -0.2) is 8.42 Å². The summed E-state index contributed by atoms with van der Waals surface area (Å²) in [5.41, 5.74) is 1.52. The molecule has 0 radical (unpaired) electrons. The molecule has 27 heavy (non-hydrogen) atoms. The molecular formula is C19H16Cl3NO3S. The summed E-state index contributed by atoms with van der Waals surface area (Å²) in [6, 6.07) is 9.47. The molecule has 2 aliphatic rings. The molecule has 0 aromatic heterocycles. The molecule has 0 unspecified atom stereocenters. The minimum atomic E-state index is -3.42. The molecule has 1 aliphatic carbocycles. The van der Waals surface area contributed by atoms with E-state index in [9.17, 15) is 13.2 Å². The Kier molecular flexibility index (Phi) is 4.70. The summed E-state index contributed by atoms with van der Waals surface area (Å²) in [4.78, 5) is 14.8. The van der Waals surface area contributed by atoms with E-state index in [4.69, 9.17) is 34.8 Å². The smallest absolute Gasteiger partial charge is 0.226 e. The van der Waals surface area contributed by atoms with Gasteiger partial charge in [0.15, 0.2) is 9.84 Å². The Bertz CT molecular complexity index is 1030. The number of carbonyl (C=O) groups excluding carboxylic acids is 1. The lowest BCUT2D eigenvalue weighted by Gasteiger charge is -2.25. The van der Waals surface area contributed by atoms with Crippen LogP contribution in [0.5, 0.6) is 0 Å². The Morgan fingerprint density at radius 1 is 1.04 bits per heavy atom. The van der Waals surface area contributed by atoms with Crippen LogP contribution in [-0.4, -0.2) is 32.0 Å². The van der Waals surface area contributed by atoms with Gasteiger partial charge in [0.2, 0.25) is 5.91 Å². The zero-order valence-corrected chi connectivity index (χ0v) is 17.4. The predicted octanol–water partition coefficient (Wildman–Crippen LogP) is 4.74. The second-order valence-electron chi connectivity index (χ2n) is 7.08. The van der Waals surface area contributed by atoms with Gasteiger partial charge in [-0.3, -0.25) is 4.79 Å². The zero-order valence-electron chi connectivity index (χ0n) is 14.3. The second-order valence-corrected chi connectivity index (χ2v) is 10.4. The van der Waals surface area contributed by atoms with Crippen LogP contribution in [0.1, 0.15) is 29.5 Å². The maximum atomic E-state index is 13.0. The van der Waals surface area contributed by atoms with Crippen LogP contribution in [0.2, 0.25) is 15.1 Å². The lowest BCUT2D eigenvalue weighted by molar-refractivity contribution is -0.133. The van der Waals surface area contributed by atoms with Crippen molar-refractivity contribution in [1.29, 1.82) is 0 Å². The van der Waals surface area contributed by atoms with Gasteiger partial charge in [-0.1, -0.05) is 34.8 Å². The maximum absolute atomic E-state index is 13.0. The van der Waals surface area contributed by atoms with Gasteiger partial charge in [0, 0.05) is 28.0 Å². The number of nitrogens with zero attached hydrogens (tertiary/aromatic N) is 1. The van der Waals surface area contributed by atoms with Crippen LogP contribution in [0, 0.1) is 5.92 Å². The van der Waals surface area contributed by atoms with Crippen molar-refractivity contribution in [2.24, 2.45) is 5.92 Å². The number of sulfone groups is 1. The number of rotatable bonds is 3. The summed E-state index contributed by atoms with van der Waals surface area (Å²) in [5, 5.41) is 1.53. The van der Waals surface area contributed by atoms with Gasteiger partial charge in [-0.05, 0) is 59.9 Å². The molecule has 4 nitrogen and oxygen atoms in total. The first-order valence-electron chi connectivity index (χ1n) is 8.42. The van der Waals surface area contributed by atoms with Crippen LogP contribution < -0.4 is 0 Å². The van der Waals surface area contributed by atoms with Gasteiger partial charge in [-0.2, -0.15) is 0 Å². The van der Waals surface area contributed by atoms with Crippen LogP contribution >= 0.6 is 34.8 Å². The maximum Gasteiger partial charge on any atom is 0.226 e. The van der Waals surface area contributed by atoms with E-state index in [0.29, 0.717) is 27.1 Å². The molecule has 1 fully saturated rings. The minimum Gasteiger partial charge on any atom is -0.337 e. The van der Waals surface area contributed by atoms with Gasteiger partial charge in [0.1, 0.15) is 0 Å². The molecule has 2 aromatic carbocycles. The minimum absolute atomic E-state index is 0.0491. The van der Waals surface area contributed by atoms with E-state index in [1.165, 1.54) is 11.0 Å². The average molecular weight is 445 g/mol. The molecule has 1 saturated carbocycles. The van der Waals surface area contributed by atoms with Gasteiger partial charge in [0.25, 0.3) is 0 Å². The highest BCUT2D eigenvalue weighted by Gasteiger charge is 2.48. The number of hydrogen-bond donors (Lipinski definition) is 0. The standard InChI is InChI=1S/C19H16Cl3NO3S/c1-23(17-9-27(25,26)18-3-2-11(20)7-16(17)18)19(24)15-8-14(15)10-4-12(21)6-13(22)5-10/h2-7,14-15,17H,8-9H2,1H3/t14-,15+,17+/m0/s1. The lowest BCUT2D eigenvalue weighted by atomic mass is 10.1. The number of hydrogen-bond acceptors (Lipinski definition) is 3. The molecule has 4 rings (SSSR count). The normalized spacial score (nSPS) is 25.1. The van der Waals surface area contributed by atoms with Crippen molar-refractivity contribution in [3.63, 3.8) is 0 Å². The first-order chi connectivity index (χ1) is 12.7. The van der Waals surface area contributed by atoms with E-state index in [-0.39, 0.29) is 28.4 Å². The van der Waals surface area contributed by atoms with E-state index in [0.717, 1.165) is 5.56 Å². The molecule has 0 bridgehead atoms. The van der Waals surface area contributed by atoms with E-state index >= 15 is 0 Å². The highest BCUT2D eigenvalue weighted by Crippen LogP contribution is 2.50. The third kappa shape index (κ3) is 3.46. The number of amides is 1. The topological polar surface area (TPSA) is 54.5 Å². The Hall–Kier alpha value is -1.27. The monoisotopic (exact) mass is 443 g/mol. The van der Waals surface area contributed by atoms with Crippen molar-refractivity contribution in [3.05, 3.63) is 62.6 Å². The molecule has 1 amide bonds. The molecule has 3 atom stereocenters. The summed E-state index contributed by atoms with van der Waals surface area (Å²) >= 11 is 18.2. The summed E-state index contributed by atoms with van der Waals surface area (Å²) in [6.07, 6.45) is 0.696. The molecule has 2 aromatic rings. The summed E-state index contributed by atoms with van der Waals surface area (Å²) < 4.78 is 24.9. The number of carbonyl (C=O) groups is 1. The molecule has 0 N–H and O–H groups in total. The quantitative estimate of drug-likeness (QED) is 0.687. The van der Waals surface area contributed by atoms with Gasteiger partial charge in [-0.15, -0.1) is 0 Å². The van der Waals surface area contributed by atoms with Gasteiger partial charge >= 0.3 is 0 Å². The number of benzene rings is 2. The lowest BCUT2D eigenvalue weighted by Crippen LogP contribution is -2.33. The number of halogens is 3. The molecule has 8 heteroatoms. The molecule has 1 aliphatic heterocycles. The third-order valence-corrected chi connectivity index (χ3v) is 7.75. The molecule has 0 spiro atoms. The Labute approximate surface area is 172 Å². The highest BCUT2D eigenvalue weighted by molar-refractivity contribution is 7.91. The highest BCUT2D eigenvalue weighted by atomic mass is 35.5. The zero-order chi connectivity index (χ0) is 19.5. The first-order valence-corrected chi connectivity index (χ1v) is 11.2. The van der Waals surface area contributed by atoms with E-state index < -0.39 is 15.9 Å². The predicted molar refractivity (Wildman–Crippen MR) is 106 cm³/mol. The molecule has 1 heterocycles. The van der Waals surface area contributed by atoms with Gasteiger partial charge < -0.3 is 4.90 Å². The van der Waals surface area contributed by atoms with Crippen molar-refractivity contribution in [2.75, 3.05) is 12.8 Å². The Morgan fingerprint density at radius 2 is 1.70 bits per heavy atom. The average Bonchev–Trinajstić information content (AvgIpc) is 3.33. The fourth-order valence-electron chi connectivity index (χ4n) is 3.81. The van der Waals surface area contributed by atoms with Crippen LogP contribution in [0.4, 0.5) is 0 Å². The Balaban J connectivity index is 1.57. The Morgan fingerprint density at radius 3 is 2.37 bits per heavy atom. The largest absolute Gasteiger partial charge is 0.337 e. The van der Waals surface area contributed by atoms with E-state index in [1.807, 2.05) is 12.1 Å². The second kappa shape index (κ2) is 6.66. The van der Waals surface area contributed by atoms with E-state index in [1.54, 1.807) is 25.2 Å². The van der Waals surface area contributed by atoms with Crippen LogP contribution in [0.25, 0.3) is 0 Å². The molecule has 0 saturated heterocycles. The van der Waals surface area contributed by atoms with Crippen LogP contribution in [-0.2, 0) is 14.6 Å². The van der Waals surface area contributed by atoms with Crippen molar-refractivity contribution in [3.8, 4) is 0 Å². The summed E-state index contributed by atoms with van der Waals surface area (Å²) in [7, 11) is -1.77.